The zero-order chi connectivity index (χ0) is 12.8. The summed E-state index contributed by atoms with van der Waals surface area (Å²) in [6.07, 6.45) is 5.67. The van der Waals surface area contributed by atoms with Gasteiger partial charge in [0.15, 0.2) is 0 Å². The third-order valence-electron chi connectivity index (χ3n) is 3.89. The number of carbonyl (C=O) groups excluding carboxylic acids is 1. The van der Waals surface area contributed by atoms with Crippen LogP contribution in [0.15, 0.2) is 0 Å². The molecule has 1 amide bonds. The van der Waals surface area contributed by atoms with Gasteiger partial charge in [0.1, 0.15) is 0 Å². The Kier molecular flexibility index (Phi) is 5.45. The Morgan fingerprint density at radius 1 is 1.39 bits per heavy atom. The lowest BCUT2D eigenvalue weighted by molar-refractivity contribution is -0.140. The molecule has 18 heavy (non-hydrogen) atoms. The zero-order valence-electron chi connectivity index (χ0n) is 11.5. The molecule has 2 unspecified atom stereocenters. The number of rotatable bonds is 4. The van der Waals surface area contributed by atoms with Gasteiger partial charge in [-0.3, -0.25) is 4.79 Å². The Morgan fingerprint density at radius 3 is 3.00 bits per heavy atom. The van der Waals surface area contributed by atoms with Crippen LogP contribution in [0.1, 0.15) is 39.0 Å². The predicted molar refractivity (Wildman–Crippen MR) is 71.4 cm³/mol. The minimum absolute atomic E-state index is 0.198. The van der Waals surface area contributed by atoms with E-state index >= 15 is 0 Å². The van der Waals surface area contributed by atoms with Crippen LogP contribution < -0.4 is 5.32 Å². The molecule has 4 heteroatoms. The Hall–Kier alpha value is -0.610. The first kappa shape index (κ1) is 13.8. The van der Waals surface area contributed by atoms with Crippen molar-refractivity contribution in [3.63, 3.8) is 0 Å². The molecule has 0 saturated carbocycles. The van der Waals surface area contributed by atoms with E-state index in [0.29, 0.717) is 5.91 Å². The number of nitrogens with one attached hydrogen (secondary N) is 1. The molecule has 2 aliphatic heterocycles. The molecular formula is C14H26N2O2. The van der Waals surface area contributed by atoms with E-state index in [-0.39, 0.29) is 12.0 Å². The number of hydrogen-bond acceptors (Lipinski definition) is 3. The smallest absolute Gasteiger partial charge is 0.227 e. The number of likely N-dealkylation sites (tertiary alicyclic amines) is 1. The van der Waals surface area contributed by atoms with Crippen LogP contribution in [0.25, 0.3) is 0 Å². The minimum Gasteiger partial charge on any atom is -0.376 e. The minimum atomic E-state index is 0.198. The van der Waals surface area contributed by atoms with Gasteiger partial charge in [-0.25, -0.2) is 0 Å². The van der Waals surface area contributed by atoms with Crippen molar-refractivity contribution in [1.29, 1.82) is 0 Å². The highest BCUT2D eigenvalue weighted by molar-refractivity contribution is 5.79. The maximum absolute atomic E-state index is 12.4. The number of carbonyl (C=O) groups is 1. The predicted octanol–water partition coefficient (Wildman–Crippen LogP) is 1.40. The van der Waals surface area contributed by atoms with Crippen LogP contribution in [0, 0.1) is 5.92 Å². The van der Waals surface area contributed by atoms with Crippen molar-refractivity contribution in [3.8, 4) is 0 Å². The third-order valence-corrected chi connectivity index (χ3v) is 3.89. The number of amides is 1. The molecule has 0 aromatic rings. The standard InChI is InChI=1S/C14H26N2O2/c1-2-9-18-13-6-4-8-16(11-13)14(17)12-5-3-7-15-10-12/h12-13,15H,2-11H2,1H3. The molecule has 104 valence electrons. The summed E-state index contributed by atoms with van der Waals surface area (Å²) in [6.45, 7) is 6.58. The molecule has 0 bridgehead atoms. The lowest BCUT2D eigenvalue weighted by Crippen LogP contribution is -2.48. The van der Waals surface area contributed by atoms with Gasteiger partial charge in [0.2, 0.25) is 5.91 Å². The van der Waals surface area contributed by atoms with Gasteiger partial charge in [-0.05, 0) is 38.6 Å². The van der Waals surface area contributed by atoms with Crippen LogP contribution in [0.2, 0.25) is 0 Å². The maximum Gasteiger partial charge on any atom is 0.227 e. The molecule has 2 rings (SSSR count). The van der Waals surface area contributed by atoms with E-state index in [0.717, 1.165) is 64.9 Å². The number of nitrogens with zero attached hydrogens (tertiary/aromatic N) is 1. The lowest BCUT2D eigenvalue weighted by Gasteiger charge is -2.35. The molecule has 0 aromatic carbocycles. The molecule has 0 spiro atoms. The molecule has 2 aliphatic rings. The largest absolute Gasteiger partial charge is 0.376 e. The highest BCUT2D eigenvalue weighted by atomic mass is 16.5. The van der Waals surface area contributed by atoms with E-state index in [4.69, 9.17) is 4.74 Å². The Balaban J connectivity index is 1.81. The summed E-state index contributed by atoms with van der Waals surface area (Å²) in [5.41, 5.74) is 0. The van der Waals surface area contributed by atoms with Gasteiger partial charge in [-0.15, -0.1) is 0 Å². The number of hydrogen-bond donors (Lipinski definition) is 1. The van der Waals surface area contributed by atoms with E-state index in [9.17, 15) is 4.79 Å². The fraction of sp³-hybridized carbons (Fsp3) is 0.929. The second kappa shape index (κ2) is 7.10. The fourth-order valence-electron chi connectivity index (χ4n) is 2.88. The van der Waals surface area contributed by atoms with Gasteiger partial charge in [-0.1, -0.05) is 6.92 Å². The van der Waals surface area contributed by atoms with Crippen molar-refractivity contribution in [2.45, 2.75) is 45.1 Å². The summed E-state index contributed by atoms with van der Waals surface area (Å²) in [6, 6.07) is 0. The van der Waals surface area contributed by atoms with Crippen LogP contribution in [-0.2, 0) is 9.53 Å². The molecule has 0 aromatic heterocycles. The van der Waals surface area contributed by atoms with Gasteiger partial charge in [-0.2, -0.15) is 0 Å². The summed E-state index contributed by atoms with van der Waals surface area (Å²) in [5, 5.41) is 3.32. The van der Waals surface area contributed by atoms with Gasteiger partial charge >= 0.3 is 0 Å². The quantitative estimate of drug-likeness (QED) is 0.824. The van der Waals surface area contributed by atoms with Crippen molar-refractivity contribution in [2.75, 3.05) is 32.8 Å². The summed E-state index contributed by atoms with van der Waals surface area (Å²) in [7, 11) is 0. The van der Waals surface area contributed by atoms with Gasteiger partial charge < -0.3 is 15.0 Å². The fourth-order valence-corrected chi connectivity index (χ4v) is 2.88. The van der Waals surface area contributed by atoms with Crippen molar-refractivity contribution >= 4 is 5.91 Å². The zero-order valence-corrected chi connectivity index (χ0v) is 11.5. The first-order valence-electron chi connectivity index (χ1n) is 7.42. The highest BCUT2D eigenvalue weighted by Crippen LogP contribution is 2.19. The molecule has 2 saturated heterocycles. The molecule has 0 radical (unpaired) electrons. The average molecular weight is 254 g/mol. The Labute approximate surface area is 110 Å². The van der Waals surface area contributed by atoms with Crippen molar-refractivity contribution in [1.82, 2.24) is 10.2 Å². The third kappa shape index (κ3) is 3.69. The first-order chi connectivity index (χ1) is 8.81. The van der Waals surface area contributed by atoms with Crippen LogP contribution in [-0.4, -0.2) is 49.7 Å². The van der Waals surface area contributed by atoms with Crippen molar-refractivity contribution < 1.29 is 9.53 Å². The Morgan fingerprint density at radius 2 is 2.28 bits per heavy atom. The lowest BCUT2D eigenvalue weighted by atomic mass is 9.96. The van der Waals surface area contributed by atoms with E-state index in [1.165, 1.54) is 0 Å². The topological polar surface area (TPSA) is 41.6 Å². The van der Waals surface area contributed by atoms with Crippen LogP contribution in [0.3, 0.4) is 0 Å². The van der Waals surface area contributed by atoms with E-state index in [2.05, 4.69) is 12.2 Å². The Bertz CT molecular complexity index is 265. The summed E-state index contributed by atoms with van der Waals surface area (Å²) >= 11 is 0. The van der Waals surface area contributed by atoms with Gasteiger partial charge in [0.25, 0.3) is 0 Å². The molecule has 0 aliphatic carbocycles. The summed E-state index contributed by atoms with van der Waals surface area (Å²) < 4.78 is 5.79. The second-order valence-electron chi connectivity index (χ2n) is 5.46. The first-order valence-corrected chi connectivity index (χ1v) is 7.42. The van der Waals surface area contributed by atoms with Gasteiger partial charge in [0.05, 0.1) is 12.0 Å². The van der Waals surface area contributed by atoms with E-state index in [1.54, 1.807) is 0 Å². The molecule has 2 fully saturated rings. The average Bonchev–Trinajstić information content (AvgIpc) is 2.45. The summed E-state index contributed by atoms with van der Waals surface area (Å²) in [4.78, 5) is 14.4. The van der Waals surface area contributed by atoms with E-state index in [1.807, 2.05) is 4.90 Å². The molecule has 1 N–H and O–H groups in total. The van der Waals surface area contributed by atoms with Crippen molar-refractivity contribution in [2.24, 2.45) is 5.92 Å². The SMILES string of the molecule is CCCOC1CCCN(C(=O)C2CCCNC2)C1. The summed E-state index contributed by atoms with van der Waals surface area (Å²) in [5.74, 6) is 0.538. The second-order valence-corrected chi connectivity index (χ2v) is 5.46. The maximum atomic E-state index is 12.4. The van der Waals surface area contributed by atoms with Gasteiger partial charge in [0, 0.05) is 26.2 Å². The number of ether oxygens (including phenoxy) is 1. The molecule has 2 heterocycles. The molecule has 4 nitrogen and oxygen atoms in total. The monoisotopic (exact) mass is 254 g/mol. The van der Waals surface area contributed by atoms with Crippen LogP contribution in [0.4, 0.5) is 0 Å². The van der Waals surface area contributed by atoms with Crippen LogP contribution in [0.5, 0.6) is 0 Å². The number of piperidine rings is 2. The molecule has 2 atom stereocenters. The van der Waals surface area contributed by atoms with Crippen molar-refractivity contribution in [3.05, 3.63) is 0 Å². The highest BCUT2D eigenvalue weighted by Gasteiger charge is 2.29. The van der Waals surface area contributed by atoms with Crippen LogP contribution >= 0.6 is 0 Å². The normalized spacial score (nSPS) is 29.3. The van der Waals surface area contributed by atoms with E-state index < -0.39 is 0 Å². The molecular weight excluding hydrogens is 228 g/mol.